The van der Waals surface area contributed by atoms with Gasteiger partial charge in [0.2, 0.25) is 0 Å². The third-order valence-corrected chi connectivity index (χ3v) is 6.65. The van der Waals surface area contributed by atoms with Crippen molar-refractivity contribution in [1.82, 2.24) is 15.2 Å². The Labute approximate surface area is 196 Å². The number of carbonyl (C=O) groups excluding carboxylic acids is 1. The fraction of sp³-hybridized carbons (Fsp3) is 0.200. The number of nitrogens with one attached hydrogen (secondary N) is 1. The third-order valence-electron chi connectivity index (χ3n) is 5.45. The number of aryl methyl sites for hydroxylation is 1. The van der Waals surface area contributed by atoms with Gasteiger partial charge in [-0.15, -0.1) is 21.5 Å². The van der Waals surface area contributed by atoms with Gasteiger partial charge >= 0.3 is 0 Å². The average molecular weight is 458 g/mol. The van der Waals surface area contributed by atoms with Crippen LogP contribution in [0.1, 0.15) is 15.4 Å². The highest BCUT2D eigenvalue weighted by Gasteiger charge is 2.17. The van der Waals surface area contributed by atoms with Crippen LogP contribution in [0.4, 0.5) is 11.5 Å². The summed E-state index contributed by atoms with van der Waals surface area (Å²) in [5.41, 5.74) is 4.18. The maximum absolute atomic E-state index is 12.8. The van der Waals surface area contributed by atoms with E-state index in [-0.39, 0.29) is 5.91 Å². The number of carbonyl (C=O) groups is 1. The normalized spacial score (nSPS) is 13.7. The monoisotopic (exact) mass is 457 g/mol. The number of morpholine rings is 1. The van der Waals surface area contributed by atoms with Crippen LogP contribution in [0.3, 0.4) is 0 Å². The molecule has 4 aromatic rings. The molecule has 1 N–H and O–H groups in total. The zero-order valence-electron chi connectivity index (χ0n) is 18.2. The van der Waals surface area contributed by atoms with Gasteiger partial charge < -0.3 is 15.0 Å². The minimum atomic E-state index is -0.158. The van der Waals surface area contributed by atoms with Crippen LogP contribution in [0.2, 0.25) is 0 Å². The van der Waals surface area contributed by atoms with Crippen LogP contribution in [0, 0.1) is 6.92 Å². The Morgan fingerprint density at radius 1 is 0.939 bits per heavy atom. The zero-order chi connectivity index (χ0) is 22.6. The summed E-state index contributed by atoms with van der Waals surface area (Å²) in [6, 6.07) is 21.5. The van der Waals surface area contributed by atoms with Crippen LogP contribution in [-0.2, 0) is 4.74 Å². The van der Waals surface area contributed by atoms with Crippen molar-refractivity contribution in [3.63, 3.8) is 0 Å². The molecule has 1 aliphatic rings. The van der Waals surface area contributed by atoms with Gasteiger partial charge in [0.15, 0.2) is 5.82 Å². The van der Waals surface area contributed by atoms with E-state index in [1.54, 1.807) is 0 Å². The number of ether oxygens (including phenoxy) is 1. The molecule has 5 rings (SSSR count). The lowest BCUT2D eigenvalue weighted by Crippen LogP contribution is -2.36. The van der Waals surface area contributed by atoms with E-state index in [1.165, 1.54) is 11.3 Å². The quantitative estimate of drug-likeness (QED) is 0.469. The molecule has 0 atom stereocenters. The lowest BCUT2D eigenvalue weighted by Gasteiger charge is -2.27. The maximum atomic E-state index is 12.8. The van der Waals surface area contributed by atoms with Gasteiger partial charge in [0.1, 0.15) is 9.88 Å². The van der Waals surface area contributed by atoms with Crippen LogP contribution >= 0.6 is 11.3 Å². The summed E-state index contributed by atoms with van der Waals surface area (Å²) in [5, 5.41) is 12.6. The molecule has 0 spiro atoms. The summed E-state index contributed by atoms with van der Waals surface area (Å²) in [6.07, 6.45) is 0. The summed E-state index contributed by atoms with van der Waals surface area (Å²) >= 11 is 1.40. The van der Waals surface area contributed by atoms with Crippen molar-refractivity contribution in [2.24, 2.45) is 0 Å². The molecule has 1 aliphatic heterocycles. The van der Waals surface area contributed by atoms with Gasteiger partial charge in [0.05, 0.1) is 24.6 Å². The Bertz CT molecular complexity index is 1230. The number of anilines is 2. The molecule has 0 unspecified atom stereocenters. The summed E-state index contributed by atoms with van der Waals surface area (Å²) in [7, 11) is 0. The first kappa shape index (κ1) is 21.2. The molecule has 7 nitrogen and oxygen atoms in total. The number of benzene rings is 2. The Balaban J connectivity index is 1.26. The Morgan fingerprint density at radius 2 is 1.70 bits per heavy atom. The van der Waals surface area contributed by atoms with E-state index in [0.717, 1.165) is 52.1 Å². The summed E-state index contributed by atoms with van der Waals surface area (Å²) < 4.78 is 5.39. The predicted octanol–water partition coefficient (Wildman–Crippen LogP) is 4.66. The minimum absolute atomic E-state index is 0.158. The standard InChI is InChI=1S/C25H23N5O2S/c1-17-23(33-25(26-17)19-5-3-2-4-6-19)24(31)27-20-9-7-18(8-10-20)21-11-12-22(29-28-21)30-13-15-32-16-14-30/h2-12H,13-16H2,1H3,(H,27,31). The molecule has 0 aliphatic carbocycles. The molecule has 2 aromatic carbocycles. The number of aromatic nitrogens is 3. The largest absolute Gasteiger partial charge is 0.378 e. The Hall–Kier alpha value is -3.62. The molecular weight excluding hydrogens is 434 g/mol. The van der Waals surface area contributed by atoms with Gasteiger partial charge in [-0.25, -0.2) is 4.98 Å². The number of rotatable bonds is 5. The number of nitrogens with zero attached hydrogens (tertiary/aromatic N) is 4. The van der Waals surface area contributed by atoms with Crippen molar-refractivity contribution >= 4 is 28.7 Å². The molecule has 2 aromatic heterocycles. The molecular formula is C25H23N5O2S. The van der Waals surface area contributed by atoms with Crippen LogP contribution in [0.15, 0.2) is 66.7 Å². The van der Waals surface area contributed by atoms with Crippen LogP contribution in [0.5, 0.6) is 0 Å². The number of hydrogen-bond acceptors (Lipinski definition) is 7. The Morgan fingerprint density at radius 3 is 2.39 bits per heavy atom. The second-order valence-corrected chi connectivity index (χ2v) is 8.71. The van der Waals surface area contributed by atoms with Crippen LogP contribution in [0.25, 0.3) is 21.8 Å². The highest BCUT2D eigenvalue weighted by Crippen LogP contribution is 2.29. The average Bonchev–Trinajstić information content (AvgIpc) is 3.27. The fourth-order valence-electron chi connectivity index (χ4n) is 3.66. The molecule has 0 bridgehead atoms. The first-order valence-corrected chi connectivity index (χ1v) is 11.6. The second-order valence-electron chi connectivity index (χ2n) is 7.71. The first-order valence-electron chi connectivity index (χ1n) is 10.8. The smallest absolute Gasteiger partial charge is 0.267 e. The Kier molecular flexibility index (Phi) is 6.10. The molecule has 1 fully saturated rings. The first-order chi connectivity index (χ1) is 16.2. The van der Waals surface area contributed by atoms with E-state index >= 15 is 0 Å². The fourth-order valence-corrected chi connectivity index (χ4v) is 4.63. The highest BCUT2D eigenvalue weighted by molar-refractivity contribution is 7.17. The zero-order valence-corrected chi connectivity index (χ0v) is 19.0. The van der Waals surface area contributed by atoms with E-state index in [4.69, 9.17) is 4.74 Å². The van der Waals surface area contributed by atoms with Gasteiger partial charge in [-0.3, -0.25) is 4.79 Å². The van der Waals surface area contributed by atoms with E-state index in [9.17, 15) is 4.79 Å². The van der Waals surface area contributed by atoms with Crippen molar-refractivity contribution in [3.05, 3.63) is 77.3 Å². The van der Waals surface area contributed by atoms with Crippen LogP contribution in [-0.4, -0.2) is 47.4 Å². The summed E-state index contributed by atoms with van der Waals surface area (Å²) in [6.45, 7) is 4.94. The highest BCUT2D eigenvalue weighted by atomic mass is 32.1. The van der Waals surface area contributed by atoms with E-state index in [1.807, 2.05) is 73.7 Å². The number of hydrogen-bond donors (Lipinski definition) is 1. The topological polar surface area (TPSA) is 80.2 Å². The van der Waals surface area contributed by atoms with Crippen LogP contribution < -0.4 is 10.2 Å². The molecule has 3 heterocycles. The molecule has 0 radical (unpaired) electrons. The van der Waals surface area contributed by atoms with Gasteiger partial charge in [0.25, 0.3) is 5.91 Å². The third kappa shape index (κ3) is 4.76. The molecule has 0 saturated carbocycles. The lowest BCUT2D eigenvalue weighted by molar-refractivity contribution is 0.103. The van der Waals surface area contributed by atoms with E-state index < -0.39 is 0 Å². The van der Waals surface area contributed by atoms with Gasteiger partial charge in [-0.1, -0.05) is 42.5 Å². The van der Waals surface area contributed by atoms with Gasteiger partial charge in [-0.2, -0.15) is 0 Å². The van der Waals surface area contributed by atoms with E-state index in [0.29, 0.717) is 18.1 Å². The van der Waals surface area contributed by atoms with Crippen molar-refractivity contribution < 1.29 is 9.53 Å². The van der Waals surface area contributed by atoms with E-state index in [2.05, 4.69) is 25.4 Å². The number of amides is 1. The molecule has 1 saturated heterocycles. The lowest BCUT2D eigenvalue weighted by atomic mass is 10.1. The molecule has 8 heteroatoms. The number of thiazole rings is 1. The molecule has 166 valence electrons. The van der Waals surface area contributed by atoms with Gasteiger partial charge in [-0.05, 0) is 31.2 Å². The van der Waals surface area contributed by atoms with Crippen molar-refractivity contribution in [2.75, 3.05) is 36.5 Å². The maximum Gasteiger partial charge on any atom is 0.267 e. The SMILES string of the molecule is Cc1nc(-c2ccccc2)sc1C(=O)Nc1ccc(-c2ccc(N3CCOCC3)nn2)cc1. The van der Waals surface area contributed by atoms with Crippen molar-refractivity contribution in [2.45, 2.75) is 6.92 Å². The molecule has 1 amide bonds. The summed E-state index contributed by atoms with van der Waals surface area (Å²) in [5.74, 6) is 0.704. The molecule has 33 heavy (non-hydrogen) atoms. The minimum Gasteiger partial charge on any atom is -0.378 e. The predicted molar refractivity (Wildman–Crippen MR) is 131 cm³/mol. The van der Waals surface area contributed by atoms with Crippen molar-refractivity contribution in [3.8, 4) is 21.8 Å². The summed E-state index contributed by atoms with van der Waals surface area (Å²) in [4.78, 5) is 20.2. The van der Waals surface area contributed by atoms with Gasteiger partial charge in [0, 0.05) is 29.9 Å². The van der Waals surface area contributed by atoms with Crippen molar-refractivity contribution in [1.29, 1.82) is 0 Å². The second kappa shape index (κ2) is 9.48.